The van der Waals surface area contributed by atoms with Gasteiger partial charge in [-0.2, -0.15) is 5.10 Å². The van der Waals surface area contributed by atoms with Gasteiger partial charge in [0.05, 0.1) is 16.9 Å². The van der Waals surface area contributed by atoms with Crippen LogP contribution in [0.4, 0.5) is 5.82 Å². The first-order valence-corrected chi connectivity index (χ1v) is 10.8. The third kappa shape index (κ3) is 3.06. The second-order valence-electron chi connectivity index (χ2n) is 8.31. The highest BCUT2D eigenvalue weighted by Crippen LogP contribution is 2.33. The quantitative estimate of drug-likeness (QED) is 0.569. The highest BCUT2D eigenvalue weighted by molar-refractivity contribution is 5.80. The number of H-pyrrole nitrogens is 1. The number of anilines is 1. The molecule has 0 radical (unpaired) electrons. The van der Waals surface area contributed by atoms with Crippen LogP contribution in [0.15, 0.2) is 60.7 Å². The van der Waals surface area contributed by atoms with Crippen molar-refractivity contribution in [3.05, 3.63) is 77.5 Å². The van der Waals surface area contributed by atoms with E-state index in [1.807, 2.05) is 0 Å². The van der Waals surface area contributed by atoms with Gasteiger partial charge in [-0.25, -0.2) is 4.98 Å². The lowest BCUT2D eigenvalue weighted by Crippen LogP contribution is -2.46. The number of para-hydroxylation sites is 1. The van der Waals surface area contributed by atoms with Crippen molar-refractivity contribution < 1.29 is 0 Å². The molecule has 6 rings (SSSR count). The molecular weight excluding hydrogens is 370 g/mol. The average molecular weight is 396 g/mol. The van der Waals surface area contributed by atoms with E-state index in [1.54, 1.807) is 0 Å². The number of benzene rings is 2. The van der Waals surface area contributed by atoms with Crippen LogP contribution in [0.5, 0.6) is 0 Å². The van der Waals surface area contributed by atoms with Gasteiger partial charge in [0, 0.05) is 49.2 Å². The molecule has 0 atom stereocenters. The summed E-state index contributed by atoms with van der Waals surface area (Å²) in [6, 6.07) is 21.3. The van der Waals surface area contributed by atoms with Crippen LogP contribution in [0.3, 0.4) is 0 Å². The van der Waals surface area contributed by atoms with Crippen LogP contribution in [-0.2, 0) is 19.4 Å². The maximum absolute atomic E-state index is 4.87. The van der Waals surface area contributed by atoms with Gasteiger partial charge in [0.2, 0.25) is 0 Å². The number of rotatable bonds is 3. The Bertz CT molecular complexity index is 1200. The fourth-order valence-electron chi connectivity index (χ4n) is 4.84. The highest BCUT2D eigenvalue weighted by atomic mass is 15.3. The molecule has 0 bridgehead atoms. The summed E-state index contributed by atoms with van der Waals surface area (Å²) in [6.45, 7) is 5.04. The predicted octanol–water partition coefficient (Wildman–Crippen LogP) is 4.05. The standard InChI is InChI=1S/C25H25N5/c1-3-7-20-18(5-1)9-11-21-23(27-28-25(20)21)17-29-13-15-30(16-14-29)24-12-10-19-6-2-4-8-22(19)26-24/h1-8,10,12H,9,11,13-17H2,(H,27,28). The van der Waals surface area contributed by atoms with Crippen LogP contribution in [0, 0.1) is 0 Å². The predicted molar refractivity (Wildman–Crippen MR) is 121 cm³/mol. The lowest BCUT2D eigenvalue weighted by Gasteiger charge is -2.35. The summed E-state index contributed by atoms with van der Waals surface area (Å²) in [6.07, 6.45) is 2.19. The minimum Gasteiger partial charge on any atom is -0.354 e. The van der Waals surface area contributed by atoms with Gasteiger partial charge in [-0.15, -0.1) is 0 Å². The summed E-state index contributed by atoms with van der Waals surface area (Å²) in [4.78, 5) is 9.81. The van der Waals surface area contributed by atoms with Gasteiger partial charge in [0.25, 0.3) is 0 Å². The summed E-state index contributed by atoms with van der Waals surface area (Å²) in [5.41, 5.74) is 7.64. The van der Waals surface area contributed by atoms with Crippen molar-refractivity contribution in [2.24, 2.45) is 0 Å². The molecule has 2 aromatic carbocycles. The molecule has 2 aliphatic rings. The zero-order valence-corrected chi connectivity index (χ0v) is 17.0. The molecule has 4 aromatic rings. The molecule has 30 heavy (non-hydrogen) atoms. The van der Waals surface area contributed by atoms with E-state index in [9.17, 15) is 0 Å². The molecule has 0 spiro atoms. The second kappa shape index (κ2) is 7.26. The van der Waals surface area contributed by atoms with E-state index in [2.05, 4.69) is 80.7 Å². The molecule has 5 nitrogen and oxygen atoms in total. The normalized spacial score (nSPS) is 16.5. The molecule has 1 aliphatic heterocycles. The Balaban J connectivity index is 1.15. The van der Waals surface area contributed by atoms with Crippen LogP contribution in [0.25, 0.3) is 22.2 Å². The minimum absolute atomic E-state index is 0.948. The SMILES string of the molecule is c1ccc2c(c1)CCc1c-2n[nH]c1CN1CCN(c2ccc3ccccc3n2)CC1. The van der Waals surface area contributed by atoms with Gasteiger partial charge in [0.15, 0.2) is 0 Å². The largest absolute Gasteiger partial charge is 0.354 e. The lowest BCUT2D eigenvalue weighted by molar-refractivity contribution is 0.246. The minimum atomic E-state index is 0.948. The molecule has 2 aromatic heterocycles. The van der Waals surface area contributed by atoms with Crippen LogP contribution in [0.1, 0.15) is 16.8 Å². The summed E-state index contributed by atoms with van der Waals surface area (Å²) >= 11 is 0. The van der Waals surface area contributed by atoms with Crippen molar-refractivity contribution in [2.45, 2.75) is 19.4 Å². The third-order valence-corrected chi connectivity index (χ3v) is 6.53. The molecule has 1 aliphatic carbocycles. The van der Waals surface area contributed by atoms with E-state index < -0.39 is 0 Å². The number of hydrogen-bond donors (Lipinski definition) is 1. The van der Waals surface area contributed by atoms with Gasteiger partial charge < -0.3 is 4.90 Å². The zero-order chi connectivity index (χ0) is 19.9. The lowest BCUT2D eigenvalue weighted by atomic mass is 9.89. The van der Waals surface area contributed by atoms with Crippen molar-refractivity contribution in [3.63, 3.8) is 0 Å². The second-order valence-corrected chi connectivity index (χ2v) is 8.31. The number of aromatic amines is 1. The average Bonchev–Trinajstić information content (AvgIpc) is 3.22. The summed E-state index contributed by atoms with van der Waals surface area (Å²) in [5.74, 6) is 1.09. The summed E-state index contributed by atoms with van der Waals surface area (Å²) in [5, 5.41) is 9.23. The molecule has 0 saturated carbocycles. The third-order valence-electron chi connectivity index (χ3n) is 6.53. The van der Waals surface area contributed by atoms with E-state index in [4.69, 9.17) is 4.98 Å². The maximum atomic E-state index is 4.87. The number of fused-ring (bicyclic) bond motifs is 4. The number of pyridine rings is 1. The number of aromatic nitrogens is 3. The first-order chi connectivity index (χ1) is 14.8. The first kappa shape index (κ1) is 17.7. The Morgan fingerprint density at radius 2 is 1.67 bits per heavy atom. The number of aryl methyl sites for hydroxylation is 1. The fraction of sp³-hybridized carbons (Fsp3) is 0.280. The van der Waals surface area contributed by atoms with E-state index in [1.165, 1.54) is 27.8 Å². The molecule has 3 heterocycles. The maximum Gasteiger partial charge on any atom is 0.129 e. The molecule has 5 heteroatoms. The molecule has 0 amide bonds. The Morgan fingerprint density at radius 1 is 0.833 bits per heavy atom. The summed E-state index contributed by atoms with van der Waals surface area (Å²) < 4.78 is 0. The van der Waals surface area contributed by atoms with E-state index in [0.717, 1.165) is 62.6 Å². The molecule has 150 valence electrons. The summed E-state index contributed by atoms with van der Waals surface area (Å²) in [7, 11) is 0. The van der Waals surface area contributed by atoms with Gasteiger partial charge in [-0.05, 0) is 36.6 Å². The van der Waals surface area contributed by atoms with Crippen molar-refractivity contribution >= 4 is 16.7 Å². The molecular formula is C25H25N5. The highest BCUT2D eigenvalue weighted by Gasteiger charge is 2.24. The molecule has 0 unspecified atom stereocenters. The van der Waals surface area contributed by atoms with E-state index >= 15 is 0 Å². The smallest absolute Gasteiger partial charge is 0.129 e. The number of hydrogen-bond acceptors (Lipinski definition) is 4. The van der Waals surface area contributed by atoms with Crippen LogP contribution < -0.4 is 4.90 Å². The van der Waals surface area contributed by atoms with Gasteiger partial charge in [-0.1, -0.05) is 42.5 Å². The van der Waals surface area contributed by atoms with Crippen molar-refractivity contribution in [1.82, 2.24) is 20.1 Å². The Hall–Kier alpha value is -3.18. The van der Waals surface area contributed by atoms with Gasteiger partial charge >= 0.3 is 0 Å². The monoisotopic (exact) mass is 395 g/mol. The van der Waals surface area contributed by atoms with Crippen LogP contribution in [0.2, 0.25) is 0 Å². The van der Waals surface area contributed by atoms with Crippen molar-refractivity contribution in [3.8, 4) is 11.3 Å². The van der Waals surface area contributed by atoms with E-state index in [0.29, 0.717) is 0 Å². The Morgan fingerprint density at radius 3 is 2.60 bits per heavy atom. The topological polar surface area (TPSA) is 48.1 Å². The zero-order valence-electron chi connectivity index (χ0n) is 17.0. The van der Waals surface area contributed by atoms with Crippen LogP contribution >= 0.6 is 0 Å². The number of nitrogens with zero attached hydrogens (tertiary/aromatic N) is 4. The van der Waals surface area contributed by atoms with Crippen molar-refractivity contribution in [1.29, 1.82) is 0 Å². The fourth-order valence-corrected chi connectivity index (χ4v) is 4.84. The first-order valence-electron chi connectivity index (χ1n) is 10.8. The molecule has 1 N–H and O–H groups in total. The van der Waals surface area contributed by atoms with Crippen molar-refractivity contribution in [2.75, 3.05) is 31.1 Å². The number of nitrogens with one attached hydrogen (secondary N) is 1. The van der Waals surface area contributed by atoms with Gasteiger partial charge in [-0.3, -0.25) is 10.00 Å². The Kier molecular flexibility index (Phi) is 4.27. The van der Waals surface area contributed by atoms with E-state index in [-0.39, 0.29) is 0 Å². The molecule has 1 saturated heterocycles. The Labute approximate surface area is 176 Å². The van der Waals surface area contributed by atoms with Crippen LogP contribution in [-0.4, -0.2) is 46.3 Å². The molecule has 1 fully saturated rings. The van der Waals surface area contributed by atoms with Gasteiger partial charge in [0.1, 0.15) is 5.82 Å². The number of piperazine rings is 1.